The molecule has 2 aromatic rings. The Bertz CT molecular complexity index is 1630. The molecule has 7 N–H and O–H groups in total. The number of ether oxygens (including phenoxy) is 2. The number of aliphatic hydroxyl groups is 1. The lowest BCUT2D eigenvalue weighted by atomic mass is 9.83. The van der Waals surface area contributed by atoms with Gasteiger partial charge in [-0.05, 0) is 102 Å². The van der Waals surface area contributed by atoms with E-state index in [-0.39, 0.29) is 18.8 Å². The van der Waals surface area contributed by atoms with Gasteiger partial charge in [0.1, 0.15) is 23.4 Å². The van der Waals surface area contributed by atoms with Crippen molar-refractivity contribution in [3.8, 4) is 5.75 Å². The lowest BCUT2D eigenvalue weighted by molar-refractivity contribution is -0.158. The number of hydrogen-bond donors (Lipinski definition) is 7. The van der Waals surface area contributed by atoms with Crippen LogP contribution in [0.5, 0.6) is 5.75 Å². The van der Waals surface area contributed by atoms with Crippen molar-refractivity contribution in [2.24, 2.45) is 5.92 Å². The first kappa shape index (κ1) is 48.3. The van der Waals surface area contributed by atoms with E-state index in [9.17, 15) is 33.9 Å². The zero-order valence-corrected chi connectivity index (χ0v) is 35.4. The van der Waals surface area contributed by atoms with Crippen LogP contribution < -0.4 is 36.6 Å². The molecule has 0 spiro atoms. The third-order valence-electron chi connectivity index (χ3n) is 10.0. The molecule has 5 atom stereocenters. The van der Waals surface area contributed by atoms with Gasteiger partial charge in [0, 0.05) is 6.42 Å². The van der Waals surface area contributed by atoms with Crippen LogP contribution in [0.2, 0.25) is 0 Å². The summed E-state index contributed by atoms with van der Waals surface area (Å²) in [5, 5.41) is 27.7. The summed E-state index contributed by atoms with van der Waals surface area (Å²) in [4.78, 5) is 78.9. The molecule has 1 aliphatic rings. The molecule has 326 valence electrons. The van der Waals surface area contributed by atoms with Crippen LogP contribution in [0.25, 0.3) is 0 Å². The smallest absolute Gasteiger partial charge is 0.333 e. The summed E-state index contributed by atoms with van der Waals surface area (Å²) in [5.41, 5.74) is 0.365. The molecule has 0 saturated heterocycles. The number of carbonyl (C=O) groups is 6. The van der Waals surface area contributed by atoms with Crippen molar-refractivity contribution in [3.05, 3.63) is 65.7 Å². The Labute approximate surface area is 348 Å². The highest BCUT2D eigenvalue weighted by atomic mass is 16.6. The number of hydrogen-bond acceptors (Lipinski definition) is 10. The molecular formula is C44H66N6O9. The van der Waals surface area contributed by atoms with E-state index in [1.54, 1.807) is 57.2 Å². The molecule has 15 heteroatoms. The van der Waals surface area contributed by atoms with Gasteiger partial charge in [-0.1, -0.05) is 75.1 Å². The van der Waals surface area contributed by atoms with Gasteiger partial charge in [0.2, 0.25) is 24.1 Å². The average Bonchev–Trinajstić information content (AvgIpc) is 3.21. The first-order chi connectivity index (χ1) is 28.3. The first-order valence-corrected chi connectivity index (χ1v) is 21.0. The summed E-state index contributed by atoms with van der Waals surface area (Å²) in [6.45, 7) is 7.82. The van der Waals surface area contributed by atoms with Gasteiger partial charge in [0.05, 0.1) is 19.2 Å². The largest absolute Gasteiger partial charge is 0.494 e. The molecular weight excluding hydrogens is 757 g/mol. The van der Waals surface area contributed by atoms with Crippen LogP contribution in [0.3, 0.4) is 0 Å². The Balaban J connectivity index is 1.75. The molecule has 5 unspecified atom stereocenters. The van der Waals surface area contributed by atoms with Gasteiger partial charge in [-0.3, -0.25) is 24.0 Å². The molecule has 15 nitrogen and oxygen atoms in total. The van der Waals surface area contributed by atoms with E-state index in [1.807, 2.05) is 32.2 Å². The van der Waals surface area contributed by atoms with Crippen molar-refractivity contribution in [3.63, 3.8) is 0 Å². The number of esters is 1. The van der Waals surface area contributed by atoms with Crippen LogP contribution in [0.1, 0.15) is 109 Å². The van der Waals surface area contributed by atoms with Gasteiger partial charge in [0.15, 0.2) is 12.1 Å². The molecule has 5 amide bonds. The van der Waals surface area contributed by atoms with Crippen LogP contribution in [-0.4, -0.2) is 97.7 Å². The molecule has 1 aliphatic carbocycles. The Morgan fingerprint density at radius 1 is 0.881 bits per heavy atom. The van der Waals surface area contributed by atoms with Gasteiger partial charge >= 0.3 is 5.97 Å². The van der Waals surface area contributed by atoms with Crippen molar-refractivity contribution in [2.45, 2.75) is 134 Å². The number of benzene rings is 2. The van der Waals surface area contributed by atoms with E-state index in [0.29, 0.717) is 36.3 Å². The topological polar surface area (TPSA) is 213 Å². The molecule has 59 heavy (non-hydrogen) atoms. The highest BCUT2D eigenvalue weighted by Crippen LogP contribution is 2.27. The second kappa shape index (κ2) is 25.5. The third-order valence-corrected chi connectivity index (χ3v) is 10.0. The summed E-state index contributed by atoms with van der Waals surface area (Å²) < 4.78 is 11.5. The normalized spacial score (nSPS) is 15.6. The Hall–Kier alpha value is -5.02. The van der Waals surface area contributed by atoms with Crippen molar-refractivity contribution in [1.82, 2.24) is 31.9 Å². The van der Waals surface area contributed by atoms with Gasteiger partial charge in [-0.2, -0.15) is 0 Å². The van der Waals surface area contributed by atoms with Gasteiger partial charge in [0.25, 0.3) is 5.91 Å². The van der Waals surface area contributed by atoms with E-state index in [0.717, 1.165) is 57.9 Å². The van der Waals surface area contributed by atoms with Gasteiger partial charge in [-0.15, -0.1) is 0 Å². The highest BCUT2D eigenvalue weighted by Gasteiger charge is 2.35. The number of aliphatic hydroxyl groups excluding tert-OH is 1. The fourth-order valence-electron chi connectivity index (χ4n) is 7.06. The summed E-state index contributed by atoms with van der Waals surface area (Å²) in [6.07, 6.45) is 6.79. The predicted molar refractivity (Wildman–Crippen MR) is 224 cm³/mol. The van der Waals surface area contributed by atoms with Crippen molar-refractivity contribution in [2.75, 3.05) is 26.7 Å². The predicted octanol–water partition coefficient (Wildman–Crippen LogP) is 3.14. The standard InChI is InChI=1S/C44H66N6O9/c1-6-17-34(39(53)42(56)46-28-36(52)50-38(32-21-12-8-13-22-32)43(57)59-44(2,3)4)48-40(54)35(49-41(55)37(47-29-51)31-19-10-7-11-20-31)27-30-18-16-23-33(26-30)58-25-15-9-14-24-45-5/h8,12-13,16,18,21-23,26,29,31,34-35,37-39,45,53H,6-7,9-11,14-15,17,19-20,24-25,27-28H2,1-5H3,(H,46,56)(H,47,51)(H,48,54)(H,49,55)(H,50,52). The minimum atomic E-state index is -1.77. The van der Waals surface area contributed by atoms with Crippen molar-refractivity contribution >= 4 is 36.0 Å². The fourth-order valence-corrected chi connectivity index (χ4v) is 7.06. The average molecular weight is 823 g/mol. The SMILES string of the molecule is CCCC(NC(=O)C(Cc1cccc(OCCCCCNC)c1)NC(=O)C(NC=O)C1CCCCC1)C(O)C(=O)NCC(=O)NC(C(=O)OC(C)(C)C)c1ccccc1. The lowest BCUT2D eigenvalue weighted by Crippen LogP contribution is -2.59. The first-order valence-electron chi connectivity index (χ1n) is 21.0. The second-order valence-corrected chi connectivity index (χ2v) is 16.1. The molecule has 0 heterocycles. The third kappa shape index (κ3) is 17.4. The number of amides is 5. The summed E-state index contributed by atoms with van der Waals surface area (Å²) in [6, 6.07) is 11.6. The van der Waals surface area contributed by atoms with Gasteiger partial charge < -0.3 is 46.5 Å². The molecule has 0 radical (unpaired) electrons. The zero-order valence-electron chi connectivity index (χ0n) is 35.4. The lowest BCUT2D eigenvalue weighted by Gasteiger charge is -2.31. The number of nitrogens with one attached hydrogen (secondary N) is 6. The Morgan fingerprint density at radius 2 is 1.61 bits per heavy atom. The van der Waals surface area contributed by atoms with E-state index in [2.05, 4.69) is 31.9 Å². The molecule has 1 fully saturated rings. The summed E-state index contributed by atoms with van der Waals surface area (Å²) in [7, 11) is 1.92. The summed E-state index contributed by atoms with van der Waals surface area (Å²) >= 11 is 0. The van der Waals surface area contributed by atoms with Crippen LogP contribution in [0.4, 0.5) is 0 Å². The molecule has 3 rings (SSSR count). The zero-order chi connectivity index (χ0) is 43.2. The Kier molecular flexibility index (Phi) is 20.9. The monoisotopic (exact) mass is 822 g/mol. The molecule has 0 aromatic heterocycles. The summed E-state index contributed by atoms with van der Waals surface area (Å²) in [5.74, 6) is -2.94. The molecule has 1 saturated carbocycles. The van der Waals surface area contributed by atoms with Crippen molar-refractivity contribution in [1.29, 1.82) is 0 Å². The maximum atomic E-state index is 14.1. The molecule has 0 bridgehead atoms. The fraction of sp³-hybridized carbons (Fsp3) is 0.591. The number of carbonyl (C=O) groups excluding carboxylic acids is 6. The second-order valence-electron chi connectivity index (χ2n) is 16.1. The maximum absolute atomic E-state index is 14.1. The highest BCUT2D eigenvalue weighted by molar-refractivity contribution is 5.92. The quantitative estimate of drug-likeness (QED) is 0.0442. The van der Waals surface area contributed by atoms with Gasteiger partial charge in [-0.25, -0.2) is 4.79 Å². The van der Waals surface area contributed by atoms with Crippen LogP contribution in [0.15, 0.2) is 54.6 Å². The molecule has 0 aliphatic heterocycles. The van der Waals surface area contributed by atoms with E-state index >= 15 is 0 Å². The van der Waals surface area contributed by atoms with E-state index in [4.69, 9.17) is 9.47 Å². The van der Waals surface area contributed by atoms with Crippen molar-refractivity contribution < 1.29 is 43.3 Å². The van der Waals surface area contributed by atoms with Crippen LogP contribution >= 0.6 is 0 Å². The van der Waals surface area contributed by atoms with Crippen LogP contribution in [0, 0.1) is 5.92 Å². The minimum absolute atomic E-state index is 0.0525. The number of unbranched alkanes of at least 4 members (excludes halogenated alkanes) is 2. The van der Waals surface area contributed by atoms with Crippen LogP contribution in [-0.2, 0) is 39.9 Å². The van der Waals surface area contributed by atoms with E-state index < -0.39 is 72.0 Å². The minimum Gasteiger partial charge on any atom is -0.494 e. The maximum Gasteiger partial charge on any atom is 0.333 e. The molecule has 2 aromatic carbocycles. The Morgan fingerprint density at radius 3 is 2.27 bits per heavy atom. The number of rotatable bonds is 25. The van der Waals surface area contributed by atoms with E-state index in [1.165, 1.54) is 0 Å².